The summed E-state index contributed by atoms with van der Waals surface area (Å²) in [5.41, 5.74) is 0. The van der Waals surface area contributed by atoms with Crippen molar-refractivity contribution >= 4 is 5.97 Å². The molecule has 0 heterocycles. The van der Waals surface area contributed by atoms with Crippen LogP contribution in [0.1, 0.15) is 142 Å². The fourth-order valence-corrected chi connectivity index (χ4v) is 4.16. The summed E-state index contributed by atoms with van der Waals surface area (Å²) in [6.07, 6.45) is 23.7. The first-order valence-electron chi connectivity index (χ1n) is 14.2. The van der Waals surface area contributed by atoms with Crippen LogP contribution in [0.2, 0.25) is 0 Å². The molecule has 0 saturated carbocycles. The molecule has 33 heavy (non-hydrogen) atoms. The molecule has 5 heteroatoms. The molecule has 0 rings (SSSR count). The van der Waals surface area contributed by atoms with Crippen molar-refractivity contribution in [1.82, 2.24) is 0 Å². The molecule has 0 aliphatic rings. The molecule has 0 aromatic heterocycles. The highest BCUT2D eigenvalue weighted by atomic mass is 16.5. The van der Waals surface area contributed by atoms with Gasteiger partial charge in [-0.3, -0.25) is 4.79 Å². The van der Waals surface area contributed by atoms with E-state index < -0.39 is 5.97 Å². The van der Waals surface area contributed by atoms with Crippen LogP contribution in [0.4, 0.5) is 0 Å². The number of unbranched alkanes of at least 4 members (excludes halogenated alkanes) is 14. The maximum absolute atomic E-state index is 10.6. The molecule has 0 aromatic carbocycles. The molecule has 0 saturated heterocycles. The minimum absolute atomic E-state index is 0.0574. The van der Waals surface area contributed by atoms with E-state index in [9.17, 15) is 9.90 Å². The van der Waals surface area contributed by atoms with Crippen LogP contribution < -0.4 is 0 Å². The van der Waals surface area contributed by atoms with E-state index in [1.54, 1.807) is 0 Å². The number of carboxylic acids is 1. The van der Waals surface area contributed by atoms with Gasteiger partial charge in [0.05, 0.1) is 19.3 Å². The van der Waals surface area contributed by atoms with Crippen molar-refractivity contribution in [2.75, 3.05) is 19.8 Å². The van der Waals surface area contributed by atoms with Crippen molar-refractivity contribution in [2.24, 2.45) is 0 Å². The fourth-order valence-electron chi connectivity index (χ4n) is 4.16. The fraction of sp³-hybridized carbons (Fsp3) is 0.964. The summed E-state index contributed by atoms with van der Waals surface area (Å²) in [7, 11) is 0. The monoisotopic (exact) mass is 472 g/mol. The normalized spacial score (nSPS) is 13.3. The lowest BCUT2D eigenvalue weighted by atomic mass is 10.0. The Balaban J connectivity index is 3.78. The molecule has 5 nitrogen and oxygen atoms in total. The van der Waals surface area contributed by atoms with Gasteiger partial charge in [-0.25, -0.2) is 0 Å². The van der Waals surface area contributed by atoms with Gasteiger partial charge in [-0.2, -0.15) is 0 Å². The Morgan fingerprint density at radius 1 is 0.636 bits per heavy atom. The first-order valence-corrected chi connectivity index (χ1v) is 14.2. The van der Waals surface area contributed by atoms with E-state index in [0.29, 0.717) is 26.1 Å². The van der Waals surface area contributed by atoms with Crippen molar-refractivity contribution in [2.45, 2.75) is 154 Å². The highest BCUT2D eigenvalue weighted by Crippen LogP contribution is 2.17. The molecular weight excluding hydrogens is 416 g/mol. The SMILES string of the molecule is CCCCCCCCCCCCCCCC(CCCC)OC[C@H](CO)OCCCCC(=O)O. The van der Waals surface area contributed by atoms with E-state index in [4.69, 9.17) is 14.6 Å². The summed E-state index contributed by atoms with van der Waals surface area (Å²) in [4.78, 5) is 10.6. The Morgan fingerprint density at radius 3 is 1.67 bits per heavy atom. The van der Waals surface area contributed by atoms with Crippen LogP contribution >= 0.6 is 0 Å². The molecule has 0 spiro atoms. The minimum Gasteiger partial charge on any atom is -0.481 e. The molecular formula is C28H56O5. The zero-order valence-electron chi connectivity index (χ0n) is 22.0. The average molecular weight is 473 g/mol. The van der Waals surface area contributed by atoms with Gasteiger partial charge in [0.15, 0.2) is 0 Å². The van der Waals surface area contributed by atoms with Crippen LogP contribution in [0.15, 0.2) is 0 Å². The third-order valence-corrected chi connectivity index (χ3v) is 6.37. The van der Waals surface area contributed by atoms with Crippen LogP contribution in [0.5, 0.6) is 0 Å². The van der Waals surface area contributed by atoms with E-state index in [1.807, 2.05) is 0 Å². The summed E-state index contributed by atoms with van der Waals surface area (Å²) >= 11 is 0. The van der Waals surface area contributed by atoms with Crippen molar-refractivity contribution in [1.29, 1.82) is 0 Å². The molecule has 0 aromatic rings. The number of ether oxygens (including phenoxy) is 2. The summed E-state index contributed by atoms with van der Waals surface area (Å²) in [5.74, 6) is -0.774. The summed E-state index contributed by atoms with van der Waals surface area (Å²) < 4.78 is 11.8. The first kappa shape index (κ1) is 32.4. The van der Waals surface area contributed by atoms with Crippen molar-refractivity contribution in [3.63, 3.8) is 0 Å². The number of carboxylic acid groups (broad SMARTS) is 1. The maximum atomic E-state index is 10.6. The topological polar surface area (TPSA) is 76.0 Å². The third-order valence-electron chi connectivity index (χ3n) is 6.37. The molecule has 0 bridgehead atoms. The quantitative estimate of drug-likeness (QED) is 0.120. The molecule has 0 aliphatic heterocycles. The number of hydrogen-bond donors (Lipinski definition) is 2. The van der Waals surface area contributed by atoms with Gasteiger partial charge in [0.25, 0.3) is 0 Å². The number of aliphatic carboxylic acids is 1. The van der Waals surface area contributed by atoms with Crippen molar-refractivity contribution in [3.8, 4) is 0 Å². The molecule has 0 radical (unpaired) electrons. The number of rotatable bonds is 27. The predicted octanol–water partition coefficient (Wildman–Crippen LogP) is 7.68. The molecule has 2 N–H and O–H groups in total. The van der Waals surface area contributed by atoms with Crippen LogP contribution in [-0.4, -0.2) is 48.2 Å². The van der Waals surface area contributed by atoms with E-state index >= 15 is 0 Å². The highest BCUT2D eigenvalue weighted by Gasteiger charge is 2.14. The van der Waals surface area contributed by atoms with E-state index in [1.165, 1.54) is 96.3 Å². The van der Waals surface area contributed by atoms with Gasteiger partial charge in [0.1, 0.15) is 6.10 Å². The van der Waals surface area contributed by atoms with Crippen LogP contribution in [0, 0.1) is 0 Å². The predicted molar refractivity (Wildman–Crippen MR) is 138 cm³/mol. The summed E-state index contributed by atoms with van der Waals surface area (Å²) in [6.45, 7) is 5.32. The molecule has 2 atom stereocenters. The standard InChI is InChI=1S/C28H56O5/c1-3-5-7-8-9-10-11-12-13-14-15-16-17-21-26(20-6-4-2)33-25-27(24-29)32-23-19-18-22-28(30)31/h26-27,29H,3-25H2,1-2H3,(H,30,31)/t26?,27-/m0/s1. The Morgan fingerprint density at radius 2 is 1.15 bits per heavy atom. The number of aliphatic hydroxyl groups is 1. The van der Waals surface area contributed by atoms with E-state index in [0.717, 1.165) is 12.8 Å². The largest absolute Gasteiger partial charge is 0.481 e. The number of hydrogen-bond acceptors (Lipinski definition) is 4. The van der Waals surface area contributed by atoms with Gasteiger partial charge in [0.2, 0.25) is 0 Å². The lowest BCUT2D eigenvalue weighted by Crippen LogP contribution is -2.28. The van der Waals surface area contributed by atoms with Gasteiger partial charge in [0, 0.05) is 13.0 Å². The summed E-state index contributed by atoms with van der Waals surface area (Å²) in [5, 5.41) is 18.2. The maximum Gasteiger partial charge on any atom is 0.303 e. The smallest absolute Gasteiger partial charge is 0.303 e. The van der Waals surface area contributed by atoms with Crippen molar-refractivity contribution in [3.05, 3.63) is 0 Å². The minimum atomic E-state index is -0.774. The first-order chi connectivity index (χ1) is 16.1. The highest BCUT2D eigenvalue weighted by molar-refractivity contribution is 5.66. The Kier molecular flexibility index (Phi) is 25.5. The van der Waals surface area contributed by atoms with Gasteiger partial charge in [-0.15, -0.1) is 0 Å². The zero-order valence-corrected chi connectivity index (χ0v) is 22.0. The Hall–Kier alpha value is -0.650. The lowest BCUT2D eigenvalue weighted by molar-refractivity contribution is -0.137. The molecule has 198 valence electrons. The third kappa shape index (κ3) is 24.3. The van der Waals surface area contributed by atoms with Crippen LogP contribution in [0.3, 0.4) is 0 Å². The number of carbonyl (C=O) groups is 1. The van der Waals surface area contributed by atoms with Gasteiger partial charge >= 0.3 is 5.97 Å². The second kappa shape index (κ2) is 26.0. The second-order valence-corrected chi connectivity index (χ2v) is 9.66. The Bertz CT molecular complexity index is 402. The van der Waals surface area contributed by atoms with Gasteiger partial charge in [-0.1, -0.05) is 110 Å². The Labute approximate surface area is 205 Å². The van der Waals surface area contributed by atoms with E-state index in [2.05, 4.69) is 13.8 Å². The van der Waals surface area contributed by atoms with Crippen molar-refractivity contribution < 1.29 is 24.5 Å². The molecule has 0 amide bonds. The van der Waals surface area contributed by atoms with E-state index in [-0.39, 0.29) is 25.2 Å². The number of aliphatic hydroxyl groups excluding tert-OH is 1. The summed E-state index contributed by atoms with van der Waals surface area (Å²) in [6, 6.07) is 0. The van der Waals surface area contributed by atoms with Crippen LogP contribution in [-0.2, 0) is 14.3 Å². The van der Waals surface area contributed by atoms with Gasteiger partial charge in [-0.05, 0) is 25.7 Å². The lowest BCUT2D eigenvalue weighted by Gasteiger charge is -2.22. The average Bonchev–Trinajstić information content (AvgIpc) is 2.81. The van der Waals surface area contributed by atoms with Gasteiger partial charge < -0.3 is 19.7 Å². The van der Waals surface area contributed by atoms with Crippen LogP contribution in [0.25, 0.3) is 0 Å². The molecule has 1 unspecified atom stereocenters. The zero-order chi connectivity index (χ0) is 24.4. The molecule has 0 fully saturated rings. The molecule has 0 aliphatic carbocycles. The second-order valence-electron chi connectivity index (χ2n) is 9.66.